The number of hydrogen-bond acceptors (Lipinski definition) is 5. The van der Waals surface area contributed by atoms with Crippen molar-refractivity contribution in [2.75, 3.05) is 13.1 Å². The lowest BCUT2D eigenvalue weighted by molar-refractivity contribution is -0.258. The van der Waals surface area contributed by atoms with Crippen LogP contribution >= 0.6 is 22.9 Å². The average Bonchev–Trinajstić information content (AvgIpc) is 3.25. The Hall–Kier alpha value is -2.54. The van der Waals surface area contributed by atoms with Gasteiger partial charge in [0.25, 0.3) is 10.2 Å². The summed E-state index contributed by atoms with van der Waals surface area (Å²) in [5.74, 6) is 0. The normalized spacial score (nSPS) is 17.2. The minimum absolute atomic E-state index is 0.251. The van der Waals surface area contributed by atoms with E-state index >= 15 is 0 Å². The number of aromatic nitrogens is 1. The number of rotatable bonds is 7. The monoisotopic (exact) mass is 581 g/mol. The third-order valence-electron chi connectivity index (χ3n) is 6.64. The summed E-state index contributed by atoms with van der Waals surface area (Å²) in [4.78, 5) is 4.93. The van der Waals surface area contributed by atoms with E-state index in [0.29, 0.717) is 45.7 Å². The number of aliphatic hydroxyl groups is 1. The Labute approximate surface area is 226 Å². The molecule has 1 saturated heterocycles. The molecule has 5 rings (SSSR count). The van der Waals surface area contributed by atoms with E-state index in [1.54, 1.807) is 36.4 Å². The van der Waals surface area contributed by atoms with Crippen molar-refractivity contribution in [3.8, 4) is 11.3 Å². The van der Waals surface area contributed by atoms with Gasteiger partial charge in [-0.15, -0.1) is 11.3 Å². The van der Waals surface area contributed by atoms with Gasteiger partial charge < -0.3 is 5.11 Å². The van der Waals surface area contributed by atoms with Gasteiger partial charge in [-0.3, -0.25) is 4.98 Å². The largest absolute Gasteiger partial charge is 0.421 e. The highest BCUT2D eigenvalue weighted by atomic mass is 35.5. The topological polar surface area (TPSA) is 82.5 Å². The lowest BCUT2D eigenvalue weighted by Gasteiger charge is -2.31. The molecule has 6 nitrogen and oxygen atoms in total. The second kappa shape index (κ2) is 9.89. The predicted molar refractivity (Wildman–Crippen MR) is 142 cm³/mol. The number of halogens is 4. The number of fused-ring (bicyclic) bond motifs is 1. The van der Waals surface area contributed by atoms with Gasteiger partial charge in [-0.1, -0.05) is 48.0 Å². The van der Waals surface area contributed by atoms with E-state index in [-0.39, 0.29) is 11.3 Å². The summed E-state index contributed by atoms with van der Waals surface area (Å²) in [6.45, 7) is 1.57. The number of nitrogens with zero attached hydrogens (tertiary/aromatic N) is 2. The van der Waals surface area contributed by atoms with Crippen LogP contribution < -0.4 is 4.72 Å². The molecular formula is C26H23ClF3N3O3S2. The van der Waals surface area contributed by atoms with Crippen LogP contribution in [0.25, 0.3) is 21.3 Å². The summed E-state index contributed by atoms with van der Waals surface area (Å²) < 4.78 is 71.4. The van der Waals surface area contributed by atoms with E-state index in [4.69, 9.17) is 11.6 Å². The van der Waals surface area contributed by atoms with E-state index in [1.807, 2.05) is 12.1 Å². The highest BCUT2D eigenvalue weighted by molar-refractivity contribution is 7.87. The van der Waals surface area contributed by atoms with Gasteiger partial charge in [0.2, 0.25) is 0 Å². The first-order valence-corrected chi connectivity index (χ1v) is 14.3. The van der Waals surface area contributed by atoms with Gasteiger partial charge in [-0.25, -0.2) is 0 Å². The zero-order valence-electron chi connectivity index (χ0n) is 20.0. The van der Waals surface area contributed by atoms with E-state index in [2.05, 4.69) is 9.71 Å². The molecular weight excluding hydrogens is 559 g/mol. The van der Waals surface area contributed by atoms with Gasteiger partial charge >= 0.3 is 6.18 Å². The Morgan fingerprint density at radius 2 is 1.84 bits per heavy atom. The van der Waals surface area contributed by atoms with Crippen LogP contribution in [0.15, 0.2) is 66.9 Å². The SMILES string of the molecule is C[C@@](O)(c1ccnc(-c2cccc3cc(C(NS(=O)(=O)N4CCC4)c4ccccc4Cl)sc23)c1)C(F)(F)F. The predicted octanol–water partition coefficient (Wildman–Crippen LogP) is 6.02. The molecule has 12 heteroatoms. The Balaban J connectivity index is 1.61. The van der Waals surface area contributed by atoms with Crippen molar-refractivity contribution in [2.24, 2.45) is 0 Å². The van der Waals surface area contributed by atoms with Crippen LogP contribution in [0, 0.1) is 0 Å². The molecule has 0 saturated carbocycles. The number of benzene rings is 2. The molecule has 2 aromatic heterocycles. The number of nitrogens with one attached hydrogen (secondary N) is 1. The quantitative estimate of drug-likeness (QED) is 0.280. The van der Waals surface area contributed by atoms with Crippen molar-refractivity contribution in [1.82, 2.24) is 14.0 Å². The average molecular weight is 582 g/mol. The Kier molecular flexibility index (Phi) is 7.04. The minimum atomic E-state index is -4.87. The Morgan fingerprint density at radius 3 is 2.50 bits per heavy atom. The zero-order valence-corrected chi connectivity index (χ0v) is 22.4. The van der Waals surface area contributed by atoms with Crippen LogP contribution in [-0.4, -0.2) is 42.1 Å². The van der Waals surface area contributed by atoms with Gasteiger partial charge in [0.05, 0.1) is 11.7 Å². The van der Waals surface area contributed by atoms with Gasteiger partial charge in [-0.2, -0.15) is 30.6 Å². The number of alkyl halides is 3. The molecule has 0 spiro atoms. The Bertz CT molecular complexity index is 1600. The molecule has 1 unspecified atom stereocenters. The van der Waals surface area contributed by atoms with Gasteiger partial charge in [-0.05, 0) is 54.1 Å². The first-order chi connectivity index (χ1) is 17.9. The number of hydrogen-bond donors (Lipinski definition) is 2. The standard InChI is InChI=1S/C26H23ClF3N3O3S2/c1-25(34,26(28,29)30)17-10-11-31-21(15-17)19-8-4-6-16-14-22(37-24(16)19)23(18-7-2-3-9-20(18)27)32-38(35,36)33-12-5-13-33/h2-4,6-11,14-15,23,32,34H,5,12-13H2,1H3/t23?,25-/m1/s1. The molecule has 1 fully saturated rings. The maximum absolute atomic E-state index is 13.5. The lowest BCUT2D eigenvalue weighted by atomic mass is 9.94. The molecule has 1 aliphatic heterocycles. The van der Waals surface area contributed by atoms with E-state index in [1.165, 1.54) is 27.9 Å². The fourth-order valence-corrected chi connectivity index (χ4v) is 7.22. The summed E-state index contributed by atoms with van der Waals surface area (Å²) >= 11 is 7.78. The summed E-state index contributed by atoms with van der Waals surface area (Å²) in [6, 6.07) is 15.7. The van der Waals surface area contributed by atoms with Crippen LogP contribution in [0.2, 0.25) is 5.02 Å². The highest BCUT2D eigenvalue weighted by Gasteiger charge is 2.51. The third kappa shape index (κ3) is 4.94. The maximum Gasteiger partial charge on any atom is 0.421 e. The second-order valence-corrected chi connectivity index (χ2v) is 12.4. The fourth-order valence-electron chi connectivity index (χ4n) is 4.21. The van der Waals surface area contributed by atoms with E-state index in [0.717, 1.165) is 17.9 Å². The van der Waals surface area contributed by atoms with Gasteiger partial charge in [0, 0.05) is 39.4 Å². The molecule has 0 amide bonds. The summed E-state index contributed by atoms with van der Waals surface area (Å²) in [5.41, 5.74) is -2.00. The molecule has 200 valence electrons. The molecule has 38 heavy (non-hydrogen) atoms. The van der Waals surface area contributed by atoms with Crippen molar-refractivity contribution < 1.29 is 26.7 Å². The zero-order chi connectivity index (χ0) is 27.3. The van der Waals surface area contributed by atoms with Crippen molar-refractivity contribution in [3.63, 3.8) is 0 Å². The third-order valence-corrected chi connectivity index (χ3v) is 9.81. The van der Waals surface area contributed by atoms with Crippen LogP contribution in [-0.2, 0) is 15.8 Å². The first kappa shape index (κ1) is 27.0. The van der Waals surface area contributed by atoms with Crippen molar-refractivity contribution >= 4 is 43.2 Å². The highest BCUT2D eigenvalue weighted by Crippen LogP contribution is 2.42. The number of pyridine rings is 1. The smallest absolute Gasteiger partial charge is 0.376 e. The van der Waals surface area contributed by atoms with E-state index < -0.39 is 28.0 Å². The van der Waals surface area contributed by atoms with Crippen molar-refractivity contribution in [1.29, 1.82) is 0 Å². The molecule has 0 radical (unpaired) electrons. The molecule has 4 aromatic rings. The molecule has 2 aromatic carbocycles. The van der Waals surface area contributed by atoms with Crippen LogP contribution in [0.5, 0.6) is 0 Å². The van der Waals surface area contributed by atoms with Gasteiger partial charge in [0.15, 0.2) is 5.60 Å². The second-order valence-electron chi connectivity index (χ2n) is 9.20. The minimum Gasteiger partial charge on any atom is -0.376 e. The fraction of sp³-hybridized carbons (Fsp3) is 0.269. The molecule has 0 aliphatic carbocycles. The van der Waals surface area contributed by atoms with Crippen LogP contribution in [0.3, 0.4) is 0 Å². The molecule has 2 atom stereocenters. The van der Waals surface area contributed by atoms with Crippen LogP contribution in [0.1, 0.15) is 35.4 Å². The summed E-state index contributed by atoms with van der Waals surface area (Å²) in [6.07, 6.45) is -2.85. The molecule has 2 N–H and O–H groups in total. The van der Waals surface area contributed by atoms with Gasteiger partial charge in [0.1, 0.15) is 0 Å². The maximum atomic E-state index is 13.5. The van der Waals surface area contributed by atoms with Crippen molar-refractivity contribution in [2.45, 2.75) is 31.2 Å². The molecule has 3 heterocycles. The molecule has 0 bridgehead atoms. The summed E-state index contributed by atoms with van der Waals surface area (Å²) in [5, 5.41) is 11.3. The Morgan fingerprint density at radius 1 is 1.11 bits per heavy atom. The van der Waals surface area contributed by atoms with Crippen LogP contribution in [0.4, 0.5) is 13.2 Å². The lowest BCUT2D eigenvalue weighted by Crippen LogP contribution is -2.49. The first-order valence-electron chi connectivity index (χ1n) is 11.7. The van der Waals surface area contributed by atoms with Crippen molar-refractivity contribution in [3.05, 3.63) is 87.9 Å². The number of thiophene rings is 1. The van der Waals surface area contributed by atoms with E-state index in [9.17, 15) is 26.7 Å². The molecule has 1 aliphatic rings. The summed E-state index contributed by atoms with van der Waals surface area (Å²) in [7, 11) is -3.79.